The number of rotatable bonds is 4. The summed E-state index contributed by atoms with van der Waals surface area (Å²) in [6.07, 6.45) is 4.17. The smallest absolute Gasteiger partial charge is 0.137 e. The second-order valence-electron chi connectivity index (χ2n) is 4.79. The summed E-state index contributed by atoms with van der Waals surface area (Å²) in [5.41, 5.74) is 4.24. The van der Waals surface area contributed by atoms with Gasteiger partial charge in [-0.1, -0.05) is 18.2 Å². The molecule has 0 bridgehead atoms. The van der Waals surface area contributed by atoms with Crippen LogP contribution < -0.4 is 0 Å². The SMILES string of the molecule is Cc1ccc2nc(CSc3ccc(CO)cc3)cn2c1. The number of aliphatic hydroxyl groups is 1. The van der Waals surface area contributed by atoms with Crippen molar-refractivity contribution in [3.05, 3.63) is 65.6 Å². The molecule has 3 rings (SSSR count). The van der Waals surface area contributed by atoms with Gasteiger partial charge in [0.05, 0.1) is 12.3 Å². The van der Waals surface area contributed by atoms with Gasteiger partial charge in [-0.05, 0) is 36.2 Å². The highest BCUT2D eigenvalue weighted by Gasteiger charge is 2.03. The van der Waals surface area contributed by atoms with Crippen molar-refractivity contribution in [2.45, 2.75) is 24.2 Å². The highest BCUT2D eigenvalue weighted by molar-refractivity contribution is 7.98. The number of thioether (sulfide) groups is 1. The van der Waals surface area contributed by atoms with Crippen molar-refractivity contribution in [3.63, 3.8) is 0 Å². The first-order chi connectivity index (χ1) is 9.74. The Morgan fingerprint density at radius 2 is 1.90 bits per heavy atom. The maximum Gasteiger partial charge on any atom is 0.137 e. The normalized spacial score (nSPS) is 11.1. The van der Waals surface area contributed by atoms with Crippen LogP contribution in [-0.2, 0) is 12.4 Å². The summed E-state index contributed by atoms with van der Waals surface area (Å²) in [4.78, 5) is 5.79. The fourth-order valence-electron chi connectivity index (χ4n) is 2.07. The van der Waals surface area contributed by atoms with Gasteiger partial charge in [-0.25, -0.2) is 4.98 Å². The molecule has 2 heterocycles. The lowest BCUT2D eigenvalue weighted by Gasteiger charge is -2.00. The molecule has 0 fully saturated rings. The average molecular weight is 284 g/mol. The number of aromatic nitrogens is 2. The predicted molar refractivity (Wildman–Crippen MR) is 81.9 cm³/mol. The highest BCUT2D eigenvalue weighted by Crippen LogP contribution is 2.23. The van der Waals surface area contributed by atoms with E-state index >= 15 is 0 Å². The molecule has 0 aliphatic carbocycles. The quantitative estimate of drug-likeness (QED) is 0.746. The average Bonchev–Trinajstić information content (AvgIpc) is 2.87. The Morgan fingerprint density at radius 3 is 2.65 bits per heavy atom. The second-order valence-corrected chi connectivity index (χ2v) is 5.84. The molecule has 1 aromatic carbocycles. The third kappa shape index (κ3) is 2.86. The molecule has 4 heteroatoms. The van der Waals surface area contributed by atoms with Crippen LogP contribution in [0.1, 0.15) is 16.8 Å². The lowest BCUT2D eigenvalue weighted by molar-refractivity contribution is 0.282. The van der Waals surface area contributed by atoms with Crippen molar-refractivity contribution in [3.8, 4) is 0 Å². The lowest BCUT2D eigenvalue weighted by Crippen LogP contribution is -1.83. The third-order valence-corrected chi connectivity index (χ3v) is 4.19. The molecular weight excluding hydrogens is 268 g/mol. The monoisotopic (exact) mass is 284 g/mol. The molecule has 102 valence electrons. The Bertz CT molecular complexity index is 719. The van der Waals surface area contributed by atoms with E-state index in [1.807, 2.05) is 30.3 Å². The summed E-state index contributed by atoms with van der Waals surface area (Å²) in [6, 6.07) is 12.1. The van der Waals surface area contributed by atoms with Gasteiger partial charge in [0, 0.05) is 23.0 Å². The molecule has 0 saturated heterocycles. The Balaban J connectivity index is 1.72. The van der Waals surface area contributed by atoms with Crippen LogP contribution in [0.3, 0.4) is 0 Å². The minimum atomic E-state index is 0.0940. The molecule has 2 aromatic heterocycles. The Labute approximate surface area is 122 Å². The van der Waals surface area contributed by atoms with Crippen molar-refractivity contribution in [2.24, 2.45) is 0 Å². The van der Waals surface area contributed by atoms with E-state index < -0.39 is 0 Å². The number of hydrogen-bond acceptors (Lipinski definition) is 3. The molecule has 1 N–H and O–H groups in total. The van der Waals surface area contributed by atoms with E-state index in [0.717, 1.165) is 22.7 Å². The van der Waals surface area contributed by atoms with Crippen LogP contribution in [0, 0.1) is 6.92 Å². The number of hydrogen-bond donors (Lipinski definition) is 1. The summed E-state index contributed by atoms with van der Waals surface area (Å²) in [5.74, 6) is 0.846. The fourth-order valence-corrected chi connectivity index (χ4v) is 2.86. The zero-order valence-electron chi connectivity index (χ0n) is 11.3. The standard InChI is InChI=1S/C16H16N2OS/c1-12-2-7-16-17-14(9-18(16)8-12)11-20-15-5-3-13(10-19)4-6-15/h2-9,19H,10-11H2,1H3. The summed E-state index contributed by atoms with van der Waals surface area (Å²) in [6.45, 7) is 2.17. The lowest BCUT2D eigenvalue weighted by atomic mass is 10.2. The van der Waals surface area contributed by atoms with Crippen molar-refractivity contribution < 1.29 is 5.11 Å². The van der Waals surface area contributed by atoms with E-state index in [4.69, 9.17) is 5.11 Å². The molecular formula is C16H16N2OS. The summed E-state index contributed by atoms with van der Waals surface area (Å²) >= 11 is 1.75. The topological polar surface area (TPSA) is 37.5 Å². The maximum absolute atomic E-state index is 9.02. The van der Waals surface area contributed by atoms with Gasteiger partial charge in [0.25, 0.3) is 0 Å². The number of pyridine rings is 1. The van der Waals surface area contributed by atoms with Crippen molar-refractivity contribution >= 4 is 17.4 Å². The number of imidazole rings is 1. The molecule has 0 amide bonds. The molecule has 0 saturated carbocycles. The van der Waals surface area contributed by atoms with E-state index in [1.165, 1.54) is 10.5 Å². The van der Waals surface area contributed by atoms with Gasteiger partial charge in [-0.2, -0.15) is 0 Å². The molecule has 20 heavy (non-hydrogen) atoms. The van der Waals surface area contributed by atoms with Crippen LogP contribution in [0.25, 0.3) is 5.65 Å². The Morgan fingerprint density at radius 1 is 1.10 bits per heavy atom. The third-order valence-electron chi connectivity index (χ3n) is 3.14. The van der Waals surface area contributed by atoms with Gasteiger partial charge in [-0.15, -0.1) is 11.8 Å². The number of fused-ring (bicyclic) bond motifs is 1. The van der Waals surface area contributed by atoms with Gasteiger partial charge in [0.2, 0.25) is 0 Å². The summed E-state index contributed by atoms with van der Waals surface area (Å²) in [7, 11) is 0. The Hall–Kier alpha value is -1.78. The molecule has 3 aromatic rings. The molecule has 0 aliphatic heterocycles. The van der Waals surface area contributed by atoms with E-state index in [-0.39, 0.29) is 6.61 Å². The van der Waals surface area contributed by atoms with Gasteiger partial charge >= 0.3 is 0 Å². The summed E-state index contributed by atoms with van der Waals surface area (Å²) < 4.78 is 2.07. The number of benzene rings is 1. The minimum absolute atomic E-state index is 0.0940. The molecule has 0 aliphatic rings. The second kappa shape index (κ2) is 5.69. The molecule has 0 unspecified atom stereocenters. The van der Waals surface area contributed by atoms with E-state index in [0.29, 0.717) is 0 Å². The fraction of sp³-hybridized carbons (Fsp3) is 0.188. The predicted octanol–water partition coefficient (Wildman–Crippen LogP) is 3.43. The van der Waals surface area contributed by atoms with Crippen molar-refractivity contribution in [2.75, 3.05) is 0 Å². The van der Waals surface area contributed by atoms with Crippen LogP contribution >= 0.6 is 11.8 Å². The van der Waals surface area contributed by atoms with Crippen LogP contribution in [0.4, 0.5) is 0 Å². The van der Waals surface area contributed by atoms with E-state index in [9.17, 15) is 0 Å². The number of nitrogens with zero attached hydrogens (tertiary/aromatic N) is 2. The summed E-state index contributed by atoms with van der Waals surface area (Å²) in [5, 5.41) is 9.02. The largest absolute Gasteiger partial charge is 0.392 e. The van der Waals surface area contributed by atoms with Crippen LogP contribution in [0.2, 0.25) is 0 Å². The van der Waals surface area contributed by atoms with Crippen molar-refractivity contribution in [1.82, 2.24) is 9.38 Å². The van der Waals surface area contributed by atoms with Gasteiger partial charge < -0.3 is 9.51 Å². The van der Waals surface area contributed by atoms with Crippen LogP contribution in [0.5, 0.6) is 0 Å². The van der Waals surface area contributed by atoms with Gasteiger partial charge in [0.15, 0.2) is 0 Å². The highest BCUT2D eigenvalue weighted by atomic mass is 32.2. The first-order valence-electron chi connectivity index (χ1n) is 6.51. The molecule has 0 spiro atoms. The van der Waals surface area contributed by atoms with Crippen LogP contribution in [0.15, 0.2) is 53.7 Å². The number of aryl methyl sites for hydroxylation is 1. The van der Waals surface area contributed by atoms with Crippen LogP contribution in [-0.4, -0.2) is 14.5 Å². The zero-order chi connectivity index (χ0) is 13.9. The van der Waals surface area contributed by atoms with Gasteiger partial charge in [0.1, 0.15) is 5.65 Å². The van der Waals surface area contributed by atoms with E-state index in [1.54, 1.807) is 11.8 Å². The Kier molecular flexibility index (Phi) is 3.76. The van der Waals surface area contributed by atoms with Gasteiger partial charge in [-0.3, -0.25) is 0 Å². The molecule has 0 radical (unpaired) electrons. The number of aliphatic hydroxyl groups excluding tert-OH is 1. The molecule has 3 nitrogen and oxygen atoms in total. The van der Waals surface area contributed by atoms with Crippen molar-refractivity contribution in [1.29, 1.82) is 0 Å². The maximum atomic E-state index is 9.02. The zero-order valence-corrected chi connectivity index (χ0v) is 12.1. The first kappa shape index (κ1) is 13.2. The molecule has 0 atom stereocenters. The minimum Gasteiger partial charge on any atom is -0.392 e. The first-order valence-corrected chi connectivity index (χ1v) is 7.50. The van der Waals surface area contributed by atoms with E-state index in [2.05, 4.69) is 34.8 Å².